The van der Waals surface area contributed by atoms with Gasteiger partial charge in [-0.3, -0.25) is 0 Å². The summed E-state index contributed by atoms with van der Waals surface area (Å²) in [6, 6.07) is 8.23. The van der Waals surface area contributed by atoms with Crippen LogP contribution in [0.3, 0.4) is 0 Å². The lowest BCUT2D eigenvalue weighted by Gasteiger charge is -2.05. The predicted octanol–water partition coefficient (Wildman–Crippen LogP) is 4.20. The average molecular weight is 322 g/mol. The average Bonchev–Trinajstić information content (AvgIpc) is 2.84. The van der Waals surface area contributed by atoms with Crippen LogP contribution in [-0.2, 0) is 6.42 Å². The maximum Gasteiger partial charge on any atom is 0.123 e. The van der Waals surface area contributed by atoms with E-state index in [2.05, 4.69) is 46.9 Å². The van der Waals surface area contributed by atoms with E-state index in [4.69, 9.17) is 10.7 Å². The van der Waals surface area contributed by atoms with Crippen LogP contribution in [0, 0.1) is 0 Å². The van der Waals surface area contributed by atoms with Crippen molar-refractivity contribution in [3.63, 3.8) is 0 Å². The highest BCUT2D eigenvalue weighted by molar-refractivity contribution is 9.10. The van der Waals surface area contributed by atoms with Gasteiger partial charge in [-0.2, -0.15) is 0 Å². The second-order valence-corrected chi connectivity index (χ2v) is 5.62. The van der Waals surface area contributed by atoms with Gasteiger partial charge in [0, 0.05) is 15.7 Å². The van der Waals surface area contributed by atoms with Gasteiger partial charge in [-0.1, -0.05) is 48.3 Å². The van der Waals surface area contributed by atoms with Crippen LogP contribution >= 0.6 is 15.9 Å². The highest BCUT2D eigenvalue weighted by Crippen LogP contribution is 2.26. The quantitative estimate of drug-likeness (QED) is 0.867. The minimum absolute atomic E-state index is 0.000464. The molecule has 3 nitrogen and oxygen atoms in total. The first kappa shape index (κ1) is 14.3. The number of nitrogens with zero attached hydrogens (tertiary/aromatic N) is 1. The highest BCUT2D eigenvalue weighted by Gasteiger charge is 2.15. The van der Waals surface area contributed by atoms with E-state index >= 15 is 0 Å². The van der Waals surface area contributed by atoms with Gasteiger partial charge in [0.25, 0.3) is 0 Å². The normalized spacial score (nSPS) is 12.6. The van der Waals surface area contributed by atoms with Crippen LogP contribution in [0.5, 0.6) is 0 Å². The number of rotatable bonds is 5. The van der Waals surface area contributed by atoms with Crippen LogP contribution in [-0.4, -0.2) is 9.97 Å². The van der Waals surface area contributed by atoms with E-state index < -0.39 is 0 Å². The number of aromatic amines is 1. The SMILES string of the molecule is CCC[C@H](N)c1nc(-c2ccc(Br)cc2)c(CC)[nH]1. The van der Waals surface area contributed by atoms with Crippen molar-refractivity contribution in [2.45, 2.75) is 39.2 Å². The molecule has 4 heteroatoms. The zero-order chi connectivity index (χ0) is 13.8. The van der Waals surface area contributed by atoms with E-state index in [1.165, 1.54) is 0 Å². The smallest absolute Gasteiger partial charge is 0.123 e. The molecule has 0 aliphatic carbocycles. The summed E-state index contributed by atoms with van der Waals surface area (Å²) in [7, 11) is 0. The summed E-state index contributed by atoms with van der Waals surface area (Å²) in [6.45, 7) is 4.27. The molecular formula is C15H20BrN3. The standard InChI is InChI=1S/C15H20BrN3/c1-3-5-12(17)15-18-13(4-2)14(19-15)10-6-8-11(16)9-7-10/h6-9,12H,3-5,17H2,1-2H3,(H,18,19)/t12-/m0/s1. The van der Waals surface area contributed by atoms with Crippen molar-refractivity contribution in [2.75, 3.05) is 0 Å². The number of H-pyrrole nitrogens is 1. The molecule has 0 spiro atoms. The maximum absolute atomic E-state index is 6.14. The fraction of sp³-hybridized carbons (Fsp3) is 0.400. The van der Waals surface area contributed by atoms with Gasteiger partial charge in [-0.05, 0) is 25.0 Å². The van der Waals surface area contributed by atoms with Gasteiger partial charge in [-0.25, -0.2) is 4.98 Å². The molecule has 0 saturated carbocycles. The Morgan fingerprint density at radius 2 is 1.95 bits per heavy atom. The summed E-state index contributed by atoms with van der Waals surface area (Å²) < 4.78 is 1.08. The molecule has 0 aliphatic heterocycles. The Hall–Kier alpha value is -1.13. The zero-order valence-electron chi connectivity index (χ0n) is 11.4. The van der Waals surface area contributed by atoms with E-state index in [1.807, 2.05) is 12.1 Å². The van der Waals surface area contributed by atoms with Gasteiger partial charge < -0.3 is 10.7 Å². The minimum Gasteiger partial charge on any atom is -0.344 e. The number of nitrogens with two attached hydrogens (primary N) is 1. The molecule has 0 fully saturated rings. The van der Waals surface area contributed by atoms with Crippen molar-refractivity contribution < 1.29 is 0 Å². The number of hydrogen-bond acceptors (Lipinski definition) is 2. The Balaban J connectivity index is 2.36. The number of benzene rings is 1. The van der Waals surface area contributed by atoms with Crippen LogP contribution in [0.1, 0.15) is 44.2 Å². The zero-order valence-corrected chi connectivity index (χ0v) is 13.0. The van der Waals surface area contributed by atoms with Crippen LogP contribution in [0.2, 0.25) is 0 Å². The number of nitrogens with one attached hydrogen (secondary N) is 1. The number of imidazole rings is 1. The summed E-state index contributed by atoms with van der Waals surface area (Å²) in [5.41, 5.74) is 9.46. The summed E-state index contributed by atoms with van der Waals surface area (Å²) in [5, 5.41) is 0. The Bertz CT molecular complexity index is 531. The predicted molar refractivity (Wildman–Crippen MR) is 82.9 cm³/mol. The fourth-order valence-electron chi connectivity index (χ4n) is 2.16. The van der Waals surface area contributed by atoms with Gasteiger partial charge in [0.2, 0.25) is 0 Å². The van der Waals surface area contributed by atoms with E-state index in [0.29, 0.717) is 0 Å². The second-order valence-electron chi connectivity index (χ2n) is 4.70. The first-order chi connectivity index (χ1) is 9.15. The van der Waals surface area contributed by atoms with Gasteiger partial charge in [0.05, 0.1) is 11.7 Å². The molecule has 3 N–H and O–H groups in total. The van der Waals surface area contributed by atoms with Crippen LogP contribution < -0.4 is 5.73 Å². The Kier molecular flexibility index (Phi) is 4.77. The minimum atomic E-state index is -0.000464. The van der Waals surface area contributed by atoms with Crippen molar-refractivity contribution in [3.8, 4) is 11.3 Å². The first-order valence-corrected chi connectivity index (χ1v) is 7.55. The lowest BCUT2D eigenvalue weighted by molar-refractivity contribution is 0.607. The summed E-state index contributed by atoms with van der Waals surface area (Å²) in [4.78, 5) is 8.08. The third-order valence-electron chi connectivity index (χ3n) is 3.22. The second kappa shape index (κ2) is 6.35. The van der Waals surface area contributed by atoms with Crippen LogP contribution in [0.4, 0.5) is 0 Å². The Labute approximate surface area is 122 Å². The van der Waals surface area contributed by atoms with Gasteiger partial charge >= 0.3 is 0 Å². The number of aryl methyl sites for hydroxylation is 1. The third kappa shape index (κ3) is 3.25. The molecule has 1 aromatic carbocycles. The Morgan fingerprint density at radius 3 is 2.53 bits per heavy atom. The largest absolute Gasteiger partial charge is 0.344 e. The Morgan fingerprint density at radius 1 is 1.26 bits per heavy atom. The van der Waals surface area contributed by atoms with Crippen LogP contribution in [0.15, 0.2) is 28.7 Å². The third-order valence-corrected chi connectivity index (χ3v) is 3.75. The topological polar surface area (TPSA) is 54.7 Å². The molecule has 1 atom stereocenters. The molecule has 0 aliphatic rings. The van der Waals surface area contributed by atoms with Gasteiger partial charge in [0.1, 0.15) is 5.82 Å². The fourth-order valence-corrected chi connectivity index (χ4v) is 2.42. The molecular weight excluding hydrogens is 302 g/mol. The number of halogens is 1. The summed E-state index contributed by atoms with van der Waals surface area (Å²) >= 11 is 3.45. The molecule has 1 aromatic heterocycles. The van der Waals surface area contributed by atoms with Crippen molar-refractivity contribution in [1.29, 1.82) is 0 Å². The molecule has 0 saturated heterocycles. The molecule has 0 radical (unpaired) electrons. The van der Waals surface area contributed by atoms with E-state index in [1.54, 1.807) is 0 Å². The molecule has 19 heavy (non-hydrogen) atoms. The first-order valence-electron chi connectivity index (χ1n) is 6.76. The highest BCUT2D eigenvalue weighted by atomic mass is 79.9. The lowest BCUT2D eigenvalue weighted by Crippen LogP contribution is -2.11. The van der Waals surface area contributed by atoms with Gasteiger partial charge in [0.15, 0.2) is 0 Å². The lowest BCUT2D eigenvalue weighted by atomic mass is 10.1. The van der Waals surface area contributed by atoms with Gasteiger partial charge in [-0.15, -0.1) is 0 Å². The maximum atomic E-state index is 6.14. The van der Waals surface area contributed by atoms with Crippen LogP contribution in [0.25, 0.3) is 11.3 Å². The van der Waals surface area contributed by atoms with Crippen molar-refractivity contribution >= 4 is 15.9 Å². The van der Waals surface area contributed by atoms with Crippen molar-refractivity contribution in [2.24, 2.45) is 5.73 Å². The van der Waals surface area contributed by atoms with E-state index in [9.17, 15) is 0 Å². The summed E-state index contributed by atoms with van der Waals surface area (Å²) in [5.74, 6) is 0.900. The molecule has 0 amide bonds. The van der Waals surface area contributed by atoms with Crippen molar-refractivity contribution in [3.05, 3.63) is 40.3 Å². The van der Waals surface area contributed by atoms with Crippen molar-refractivity contribution in [1.82, 2.24) is 9.97 Å². The molecule has 2 rings (SSSR count). The van der Waals surface area contributed by atoms with E-state index in [0.717, 1.165) is 46.5 Å². The summed E-state index contributed by atoms with van der Waals surface area (Å²) in [6.07, 6.45) is 2.95. The molecule has 0 unspecified atom stereocenters. The monoisotopic (exact) mass is 321 g/mol. The van der Waals surface area contributed by atoms with E-state index in [-0.39, 0.29) is 6.04 Å². The molecule has 2 aromatic rings. The molecule has 1 heterocycles. The molecule has 102 valence electrons. The number of aromatic nitrogens is 2. The molecule has 0 bridgehead atoms. The number of hydrogen-bond donors (Lipinski definition) is 2.